The third kappa shape index (κ3) is 3.87. The molecule has 0 radical (unpaired) electrons. The summed E-state index contributed by atoms with van der Waals surface area (Å²) in [5, 5.41) is 12.0. The lowest BCUT2D eigenvalue weighted by atomic mass is 9.94. The number of aliphatic carboxylic acids is 1. The summed E-state index contributed by atoms with van der Waals surface area (Å²) in [7, 11) is 0. The van der Waals surface area contributed by atoms with E-state index in [1.54, 1.807) is 17.0 Å². The van der Waals surface area contributed by atoms with Crippen LogP contribution in [-0.2, 0) is 14.4 Å². The molecule has 4 atom stereocenters. The van der Waals surface area contributed by atoms with Crippen molar-refractivity contribution in [3.05, 3.63) is 24.3 Å². The van der Waals surface area contributed by atoms with E-state index in [-0.39, 0.29) is 23.0 Å². The first-order valence-electron chi connectivity index (χ1n) is 8.94. The van der Waals surface area contributed by atoms with Crippen molar-refractivity contribution in [2.24, 2.45) is 11.8 Å². The van der Waals surface area contributed by atoms with Crippen LogP contribution in [0.1, 0.15) is 33.1 Å². The Morgan fingerprint density at radius 3 is 2.54 bits per heavy atom. The van der Waals surface area contributed by atoms with Crippen molar-refractivity contribution in [3.8, 4) is 0 Å². The van der Waals surface area contributed by atoms with Gasteiger partial charge in [-0.25, -0.2) is 4.79 Å². The first kappa shape index (κ1) is 18.8. The Bertz CT molecular complexity index is 706. The number of carbonyl (C=O) groups is 3. The zero-order valence-corrected chi connectivity index (χ0v) is 15.8. The van der Waals surface area contributed by atoms with E-state index in [4.69, 9.17) is 0 Å². The number of carboxylic acids is 1. The van der Waals surface area contributed by atoms with E-state index in [1.165, 1.54) is 18.7 Å². The van der Waals surface area contributed by atoms with Crippen molar-refractivity contribution in [2.75, 3.05) is 11.9 Å². The fourth-order valence-electron chi connectivity index (χ4n) is 4.16. The summed E-state index contributed by atoms with van der Waals surface area (Å²) >= 11 is 1.41. The van der Waals surface area contributed by atoms with Crippen LogP contribution >= 0.6 is 11.8 Å². The van der Waals surface area contributed by atoms with Gasteiger partial charge in [0.05, 0.1) is 5.25 Å². The number of hydrogen-bond donors (Lipinski definition) is 2. The number of nitrogens with zero attached hydrogens (tertiary/aromatic N) is 1. The highest BCUT2D eigenvalue weighted by atomic mass is 32.2. The van der Waals surface area contributed by atoms with E-state index in [1.807, 2.05) is 19.1 Å². The van der Waals surface area contributed by atoms with Gasteiger partial charge in [0.15, 0.2) is 0 Å². The van der Waals surface area contributed by atoms with Crippen molar-refractivity contribution < 1.29 is 19.5 Å². The molecule has 26 heavy (non-hydrogen) atoms. The molecule has 3 rings (SSSR count). The Kier molecular flexibility index (Phi) is 5.55. The first-order chi connectivity index (χ1) is 12.4. The van der Waals surface area contributed by atoms with Gasteiger partial charge >= 0.3 is 5.97 Å². The highest BCUT2D eigenvalue weighted by Gasteiger charge is 2.50. The first-order valence-corrected chi connectivity index (χ1v) is 9.82. The van der Waals surface area contributed by atoms with E-state index >= 15 is 0 Å². The number of likely N-dealkylation sites (tertiary alicyclic amines) is 1. The van der Waals surface area contributed by atoms with Gasteiger partial charge in [-0.05, 0) is 55.9 Å². The monoisotopic (exact) mass is 376 g/mol. The molecule has 1 aromatic carbocycles. The van der Waals surface area contributed by atoms with Gasteiger partial charge in [0.2, 0.25) is 11.8 Å². The summed E-state index contributed by atoms with van der Waals surface area (Å²) < 4.78 is 0. The third-order valence-corrected chi connectivity index (χ3v) is 6.36. The van der Waals surface area contributed by atoms with Crippen LogP contribution in [0.15, 0.2) is 29.2 Å². The number of anilines is 1. The average molecular weight is 376 g/mol. The minimum absolute atomic E-state index is 0.102. The van der Waals surface area contributed by atoms with E-state index in [0.717, 1.165) is 24.2 Å². The fraction of sp³-hybridized carbons (Fsp3) is 0.526. The zero-order chi connectivity index (χ0) is 18.8. The summed E-state index contributed by atoms with van der Waals surface area (Å²) in [5.41, 5.74) is 0.708. The van der Waals surface area contributed by atoms with Crippen molar-refractivity contribution in [1.29, 1.82) is 0 Å². The number of fused-ring (bicyclic) bond motifs is 1. The Balaban J connectivity index is 1.65. The van der Waals surface area contributed by atoms with Crippen LogP contribution in [0.5, 0.6) is 0 Å². The van der Waals surface area contributed by atoms with Crippen LogP contribution in [0.2, 0.25) is 0 Å². The van der Waals surface area contributed by atoms with Crippen LogP contribution in [0, 0.1) is 11.8 Å². The minimum Gasteiger partial charge on any atom is -0.480 e. The Hall–Kier alpha value is -2.02. The molecule has 140 valence electrons. The molecule has 1 heterocycles. The highest BCUT2D eigenvalue weighted by Crippen LogP contribution is 2.43. The van der Waals surface area contributed by atoms with Crippen LogP contribution in [0.4, 0.5) is 5.69 Å². The normalized spacial score (nSPS) is 25.6. The molecule has 6 nitrogen and oxygen atoms in total. The molecule has 0 aromatic heterocycles. The number of carbonyl (C=O) groups excluding carboxylic acids is 2. The maximum atomic E-state index is 12.9. The van der Waals surface area contributed by atoms with Gasteiger partial charge < -0.3 is 15.3 Å². The number of nitrogens with one attached hydrogen (secondary N) is 1. The lowest BCUT2D eigenvalue weighted by molar-refractivity contribution is -0.149. The van der Waals surface area contributed by atoms with Crippen molar-refractivity contribution in [1.82, 2.24) is 4.90 Å². The number of hydrogen-bond acceptors (Lipinski definition) is 4. The molecule has 1 aliphatic heterocycles. The van der Waals surface area contributed by atoms with Gasteiger partial charge in [-0.3, -0.25) is 9.59 Å². The van der Waals surface area contributed by atoms with Gasteiger partial charge in [-0.1, -0.05) is 6.42 Å². The number of carboxylic acid groups (broad SMARTS) is 1. The minimum atomic E-state index is -0.885. The molecule has 2 amide bonds. The molecular weight excluding hydrogens is 352 g/mol. The predicted octanol–water partition coefficient (Wildman–Crippen LogP) is 2.84. The highest BCUT2D eigenvalue weighted by molar-refractivity contribution is 8.00. The second-order valence-electron chi connectivity index (χ2n) is 7.09. The smallest absolute Gasteiger partial charge is 0.326 e. The molecule has 0 bridgehead atoms. The summed E-state index contributed by atoms with van der Waals surface area (Å²) in [6.07, 6.45) is 2.98. The van der Waals surface area contributed by atoms with Crippen LogP contribution in [-0.4, -0.2) is 45.6 Å². The van der Waals surface area contributed by atoms with Gasteiger partial charge in [0.25, 0.3) is 0 Å². The van der Waals surface area contributed by atoms with E-state index < -0.39 is 12.0 Å². The van der Waals surface area contributed by atoms with Crippen LogP contribution < -0.4 is 5.32 Å². The second-order valence-corrected chi connectivity index (χ2v) is 8.51. The largest absolute Gasteiger partial charge is 0.480 e. The maximum Gasteiger partial charge on any atom is 0.326 e. The van der Waals surface area contributed by atoms with Gasteiger partial charge in [0.1, 0.15) is 6.04 Å². The van der Waals surface area contributed by atoms with Gasteiger partial charge in [0, 0.05) is 24.1 Å². The third-order valence-electron chi connectivity index (χ3n) is 5.26. The van der Waals surface area contributed by atoms with E-state index in [2.05, 4.69) is 5.32 Å². The molecule has 2 aliphatic rings. The second kappa shape index (κ2) is 7.70. The SMILES string of the molecule is CC(=O)Nc1ccc(SC(C)C(=O)N2CC3CCCC3C2C(=O)O)cc1. The summed E-state index contributed by atoms with van der Waals surface area (Å²) in [4.78, 5) is 38.2. The van der Waals surface area contributed by atoms with Crippen molar-refractivity contribution >= 4 is 35.2 Å². The molecular formula is C19H24N2O4S. The summed E-state index contributed by atoms with van der Waals surface area (Å²) in [6, 6.07) is 6.61. The Labute approximate surface area is 157 Å². The Morgan fingerprint density at radius 2 is 1.92 bits per heavy atom. The molecule has 1 aliphatic carbocycles. The van der Waals surface area contributed by atoms with E-state index in [9.17, 15) is 19.5 Å². The van der Waals surface area contributed by atoms with Crippen molar-refractivity contribution in [3.63, 3.8) is 0 Å². The molecule has 7 heteroatoms. The molecule has 0 spiro atoms. The van der Waals surface area contributed by atoms with E-state index in [0.29, 0.717) is 18.2 Å². The van der Waals surface area contributed by atoms with Gasteiger partial charge in [-0.2, -0.15) is 0 Å². The maximum absolute atomic E-state index is 12.9. The molecule has 1 saturated heterocycles. The number of benzene rings is 1. The number of thioether (sulfide) groups is 1. The summed E-state index contributed by atoms with van der Waals surface area (Å²) in [6.45, 7) is 3.84. The molecule has 1 saturated carbocycles. The summed E-state index contributed by atoms with van der Waals surface area (Å²) in [5.74, 6) is -0.694. The van der Waals surface area contributed by atoms with Crippen LogP contribution in [0.25, 0.3) is 0 Å². The standard InChI is InChI=1S/C19H24N2O4S/c1-11(26-15-8-6-14(7-9-15)20-12(2)22)18(23)21-10-13-4-3-5-16(13)17(21)19(24)25/h6-9,11,13,16-17H,3-5,10H2,1-2H3,(H,20,22)(H,24,25). The van der Waals surface area contributed by atoms with Crippen LogP contribution in [0.3, 0.4) is 0 Å². The number of amides is 2. The number of rotatable bonds is 5. The Morgan fingerprint density at radius 1 is 1.23 bits per heavy atom. The lowest BCUT2D eigenvalue weighted by Crippen LogP contribution is -2.46. The quantitative estimate of drug-likeness (QED) is 0.772. The zero-order valence-electron chi connectivity index (χ0n) is 15.0. The fourth-order valence-corrected chi connectivity index (χ4v) is 5.09. The molecule has 2 fully saturated rings. The molecule has 1 aromatic rings. The molecule has 2 N–H and O–H groups in total. The lowest BCUT2D eigenvalue weighted by Gasteiger charge is -2.27. The topological polar surface area (TPSA) is 86.7 Å². The predicted molar refractivity (Wildman–Crippen MR) is 100 cm³/mol. The van der Waals surface area contributed by atoms with Crippen molar-refractivity contribution in [2.45, 2.75) is 49.3 Å². The van der Waals surface area contributed by atoms with Gasteiger partial charge in [-0.15, -0.1) is 11.8 Å². The average Bonchev–Trinajstić information content (AvgIpc) is 3.15. The molecule has 4 unspecified atom stereocenters.